The molecule has 0 fully saturated rings. The molecule has 0 unspecified atom stereocenters. The number of amides is 4. The highest BCUT2D eigenvalue weighted by Gasteiger charge is 2.40. The summed E-state index contributed by atoms with van der Waals surface area (Å²) >= 11 is 0. The van der Waals surface area contributed by atoms with E-state index in [1.807, 2.05) is 103 Å². The summed E-state index contributed by atoms with van der Waals surface area (Å²) in [4.78, 5) is 59.7. The maximum Gasteiger partial charge on any atom is 0.260 e. The van der Waals surface area contributed by atoms with E-state index in [2.05, 4.69) is 41.5 Å². The summed E-state index contributed by atoms with van der Waals surface area (Å²) in [7, 11) is 8.74. The smallest absolute Gasteiger partial charge is 0.260 e. The Labute approximate surface area is 413 Å². The Kier molecular flexibility index (Phi) is 14.2. The molecule has 9 rings (SSSR count). The third-order valence-corrected chi connectivity index (χ3v) is 17.1. The number of fused-ring (bicyclic) bond motifs is 8. The molecule has 4 aliphatic heterocycles. The molecule has 5 aromatic carbocycles. The topological polar surface area (TPSA) is 130 Å². The molecule has 69 heavy (non-hydrogen) atoms. The van der Waals surface area contributed by atoms with Gasteiger partial charge in [0.15, 0.2) is 11.5 Å². The lowest BCUT2D eigenvalue weighted by Gasteiger charge is -2.25. The molecule has 0 spiro atoms. The Bertz CT molecular complexity index is 2800. The number of nitrogens with zero attached hydrogens (tertiary/aromatic N) is 3. The number of carbonyl (C=O) groups is 4. The molecule has 0 saturated carbocycles. The van der Waals surface area contributed by atoms with E-state index < -0.39 is 0 Å². The van der Waals surface area contributed by atoms with Gasteiger partial charge in [0.25, 0.3) is 11.8 Å². The summed E-state index contributed by atoms with van der Waals surface area (Å²) in [6.07, 6.45) is 5.50. The van der Waals surface area contributed by atoms with Crippen molar-refractivity contribution in [3.63, 3.8) is 0 Å². The van der Waals surface area contributed by atoms with Crippen molar-refractivity contribution in [3.05, 3.63) is 136 Å². The van der Waals surface area contributed by atoms with Gasteiger partial charge in [-0.1, -0.05) is 58.0 Å². The third-order valence-electron chi connectivity index (χ3n) is 13.6. The first-order valence-electron chi connectivity index (χ1n) is 23.9. The van der Waals surface area contributed by atoms with Gasteiger partial charge in [-0.05, 0) is 141 Å². The second-order valence-corrected chi connectivity index (χ2v) is 22.3. The fourth-order valence-corrected chi connectivity index (χ4v) is 12.7. The van der Waals surface area contributed by atoms with Crippen LogP contribution in [0.1, 0.15) is 100 Å². The number of para-hydroxylation sites is 2. The first-order chi connectivity index (χ1) is 33.3. The summed E-state index contributed by atoms with van der Waals surface area (Å²) in [5, 5.41) is 5.83. The molecular weight excluding hydrogens is 907 g/mol. The lowest BCUT2D eigenvalue weighted by Crippen LogP contribution is -2.41. The summed E-state index contributed by atoms with van der Waals surface area (Å²) < 4.78 is 18.8. The molecule has 0 radical (unpaired) electrons. The number of carbonyl (C=O) groups excluding carboxylic acids is 4. The largest absolute Gasteiger partial charge is 0.493 e. The molecule has 4 heterocycles. The number of rotatable bonds is 17. The number of nitrogens with one attached hydrogen (secondary N) is 2. The van der Waals surface area contributed by atoms with Crippen LogP contribution in [0.3, 0.4) is 0 Å². The predicted octanol–water partition coefficient (Wildman–Crippen LogP) is 10.1. The van der Waals surface area contributed by atoms with Crippen molar-refractivity contribution < 1.29 is 33.4 Å². The highest BCUT2D eigenvalue weighted by molar-refractivity contribution is 8.77. The van der Waals surface area contributed by atoms with Crippen LogP contribution >= 0.6 is 21.6 Å². The molecule has 12 nitrogen and oxygen atoms in total. The minimum atomic E-state index is -0.160. The molecule has 4 amide bonds. The van der Waals surface area contributed by atoms with Crippen molar-refractivity contribution in [1.29, 1.82) is 0 Å². The first-order valence-corrected chi connectivity index (χ1v) is 26.2. The standard InChI is InChI=1S/C55H61N5O7S2/c1-34-22-44-47(58(5)31-42-27-39-13-8-10-15-46(39)60(42)54(44)64)30-48(34)66-32-35-23-36(25-40(24-35)57-52(62)19-20-55(2,3)69-68-21-11-16-51(61)56-4)33-67-50-28-37-17-18-41-26-38-12-7-9-14-45(38)59(41)53(63)43(37)29-49(50)65-6/h7-10,12-15,22-25,28-30,41-42H,11,16-21,26-27,31-33H2,1-6H3,(H,56,61)(H,57,62)/t41-,42+/m1/s1. The minimum absolute atomic E-state index is 0.00513. The van der Waals surface area contributed by atoms with Crippen LogP contribution in [0, 0.1) is 6.92 Å². The van der Waals surface area contributed by atoms with Gasteiger partial charge in [-0.2, -0.15) is 0 Å². The van der Waals surface area contributed by atoms with Crippen LogP contribution in [0.5, 0.6) is 17.2 Å². The minimum Gasteiger partial charge on any atom is -0.493 e. The van der Waals surface area contributed by atoms with Crippen LogP contribution in [-0.2, 0) is 42.1 Å². The molecule has 0 aliphatic carbocycles. The highest BCUT2D eigenvalue weighted by atomic mass is 33.1. The van der Waals surface area contributed by atoms with Crippen LogP contribution in [-0.4, -0.2) is 74.0 Å². The van der Waals surface area contributed by atoms with Gasteiger partial charge in [0.05, 0.1) is 24.4 Å². The average molecular weight is 968 g/mol. The highest BCUT2D eigenvalue weighted by Crippen LogP contribution is 2.43. The van der Waals surface area contributed by atoms with Gasteiger partial charge in [-0.3, -0.25) is 19.2 Å². The number of methoxy groups -OCH3 is 1. The maximum absolute atomic E-state index is 14.2. The van der Waals surface area contributed by atoms with Crippen molar-refractivity contribution >= 4 is 68.0 Å². The van der Waals surface area contributed by atoms with Gasteiger partial charge in [0.1, 0.15) is 19.0 Å². The number of hydrogen-bond acceptors (Lipinski definition) is 10. The van der Waals surface area contributed by atoms with Crippen molar-refractivity contribution in [2.24, 2.45) is 0 Å². The molecule has 14 heteroatoms. The van der Waals surface area contributed by atoms with Crippen LogP contribution in [0.2, 0.25) is 0 Å². The molecule has 5 aromatic rings. The van der Waals surface area contributed by atoms with E-state index in [1.165, 1.54) is 11.1 Å². The lowest BCUT2D eigenvalue weighted by molar-refractivity contribution is -0.120. The second kappa shape index (κ2) is 20.5. The molecular formula is C55H61N5O7S2. The number of benzene rings is 5. The van der Waals surface area contributed by atoms with Crippen LogP contribution in [0.15, 0.2) is 91.0 Å². The van der Waals surface area contributed by atoms with Crippen molar-refractivity contribution in [3.8, 4) is 17.2 Å². The van der Waals surface area contributed by atoms with Crippen LogP contribution < -0.4 is 39.5 Å². The fourth-order valence-electron chi connectivity index (χ4n) is 10.1. The molecule has 0 aromatic heterocycles. The zero-order valence-corrected chi connectivity index (χ0v) is 41.9. The molecule has 2 atom stereocenters. The fraction of sp³-hybridized carbons (Fsp3) is 0.382. The maximum atomic E-state index is 14.2. The molecule has 2 N–H and O–H groups in total. The monoisotopic (exact) mass is 967 g/mol. The number of likely N-dealkylation sites (N-methyl/N-ethyl adjacent to an activating group) is 1. The van der Waals surface area contributed by atoms with E-state index >= 15 is 0 Å². The van der Waals surface area contributed by atoms with E-state index in [1.54, 1.807) is 35.7 Å². The van der Waals surface area contributed by atoms with E-state index in [0.29, 0.717) is 59.9 Å². The summed E-state index contributed by atoms with van der Waals surface area (Å²) in [6, 6.07) is 30.0. The van der Waals surface area contributed by atoms with Gasteiger partial charge in [-0.25, -0.2) is 0 Å². The van der Waals surface area contributed by atoms with Gasteiger partial charge in [0, 0.05) is 78.7 Å². The molecule has 4 aliphatic rings. The zero-order valence-electron chi connectivity index (χ0n) is 40.3. The van der Waals surface area contributed by atoms with E-state index in [9.17, 15) is 19.2 Å². The quantitative estimate of drug-likeness (QED) is 0.0686. The number of ether oxygens (including phenoxy) is 3. The summed E-state index contributed by atoms with van der Waals surface area (Å²) in [5.74, 6) is 2.44. The van der Waals surface area contributed by atoms with Crippen LogP contribution in [0.4, 0.5) is 22.7 Å². The van der Waals surface area contributed by atoms with Gasteiger partial charge in [-0.15, -0.1) is 0 Å². The average Bonchev–Trinajstić information content (AvgIpc) is 3.84. The summed E-state index contributed by atoms with van der Waals surface area (Å²) in [6.45, 7) is 7.29. The zero-order chi connectivity index (χ0) is 48.4. The first kappa shape index (κ1) is 47.9. The predicted molar refractivity (Wildman–Crippen MR) is 278 cm³/mol. The molecule has 0 saturated heterocycles. The van der Waals surface area contributed by atoms with Gasteiger partial charge < -0.3 is 39.5 Å². The van der Waals surface area contributed by atoms with Gasteiger partial charge >= 0.3 is 0 Å². The molecule has 0 bridgehead atoms. The van der Waals surface area contributed by atoms with Crippen LogP contribution in [0.25, 0.3) is 0 Å². The summed E-state index contributed by atoms with van der Waals surface area (Å²) in [5.41, 5.74) is 10.5. The number of hydrogen-bond donors (Lipinski definition) is 2. The third kappa shape index (κ3) is 10.4. The van der Waals surface area contributed by atoms with Crippen molar-refractivity contribution in [2.45, 2.75) is 102 Å². The normalized spacial score (nSPS) is 16.9. The Morgan fingerprint density at radius 2 is 1.39 bits per heavy atom. The second-order valence-electron chi connectivity index (χ2n) is 19.1. The van der Waals surface area contributed by atoms with E-state index in [4.69, 9.17) is 14.2 Å². The van der Waals surface area contributed by atoms with Crippen molar-refractivity contribution in [2.75, 3.05) is 53.5 Å². The lowest BCUT2D eigenvalue weighted by atomic mass is 9.99. The molecule has 360 valence electrons. The van der Waals surface area contributed by atoms with Gasteiger partial charge in [0.2, 0.25) is 11.8 Å². The Balaban J connectivity index is 0.931. The van der Waals surface area contributed by atoms with Crippen molar-refractivity contribution in [1.82, 2.24) is 5.32 Å². The Hall–Kier alpha value is -6.12. The van der Waals surface area contributed by atoms with E-state index in [0.717, 1.165) is 77.2 Å². The Morgan fingerprint density at radius 1 is 0.739 bits per heavy atom. The van der Waals surface area contributed by atoms with E-state index in [-0.39, 0.29) is 53.7 Å². The SMILES string of the molecule is CNC(=O)CCCSSC(C)(C)CCC(=O)Nc1cc(COc2cc3c(cc2C)C(=O)N2c4ccccc4C[C@H]2CN3C)cc(COc2cc3c(cc2OC)C(=O)N2c4ccccc4C[C@H]2CC3)c1. The Morgan fingerprint density at radius 3 is 2.09 bits per heavy atom. The number of aryl methyl sites for hydroxylation is 2. The number of anilines is 4.